The van der Waals surface area contributed by atoms with E-state index in [0.717, 1.165) is 15.6 Å². The molecule has 0 amide bonds. The van der Waals surface area contributed by atoms with Crippen LogP contribution in [0, 0.1) is 0 Å². The molecule has 6 heteroatoms. The molecule has 0 radical (unpaired) electrons. The molecule has 0 unspecified atom stereocenters. The molecule has 3 rings (SSSR count). The van der Waals surface area contributed by atoms with E-state index in [1.165, 1.54) is 0 Å². The second kappa shape index (κ2) is 5.72. The van der Waals surface area contributed by atoms with Crippen LogP contribution in [-0.2, 0) is 0 Å². The molecule has 0 bridgehead atoms. The monoisotopic (exact) mass is 382 g/mol. The zero-order valence-corrected chi connectivity index (χ0v) is 13.7. The van der Waals surface area contributed by atoms with Crippen LogP contribution in [0.3, 0.4) is 0 Å². The Morgan fingerprint density at radius 3 is 2.52 bits per heavy atom. The average Bonchev–Trinajstić information content (AvgIpc) is 2.84. The number of nitrogens with zero attached hydrogens (tertiary/aromatic N) is 1. The number of anilines is 1. The van der Waals surface area contributed by atoms with Crippen LogP contribution in [0.1, 0.15) is 0 Å². The molecule has 3 nitrogen and oxygen atoms in total. The van der Waals surface area contributed by atoms with Crippen molar-refractivity contribution in [1.82, 2.24) is 5.16 Å². The van der Waals surface area contributed by atoms with Crippen LogP contribution in [0.2, 0.25) is 10.0 Å². The molecule has 106 valence electrons. The Labute approximate surface area is 139 Å². The molecule has 0 aliphatic rings. The number of benzene rings is 2. The van der Waals surface area contributed by atoms with Gasteiger partial charge in [-0.3, -0.25) is 0 Å². The lowest BCUT2D eigenvalue weighted by Gasteiger charge is -2.06. The lowest BCUT2D eigenvalue weighted by molar-refractivity contribution is 0.439. The van der Waals surface area contributed by atoms with E-state index in [4.69, 9.17) is 33.5 Å². The molecule has 0 aliphatic carbocycles. The van der Waals surface area contributed by atoms with Crippen LogP contribution < -0.4 is 5.73 Å². The standard InChI is InChI=1S/C15H9BrCl2N2O/c16-10-6-5-8(7-12(10)18)14-13(15(19)21-20-14)9-3-1-2-4-11(9)17/h1-7H,19H2. The van der Waals surface area contributed by atoms with E-state index in [0.29, 0.717) is 21.3 Å². The average molecular weight is 384 g/mol. The van der Waals surface area contributed by atoms with Crippen molar-refractivity contribution in [2.45, 2.75) is 0 Å². The van der Waals surface area contributed by atoms with Crippen LogP contribution >= 0.6 is 39.1 Å². The van der Waals surface area contributed by atoms with Gasteiger partial charge in [-0.15, -0.1) is 0 Å². The van der Waals surface area contributed by atoms with Gasteiger partial charge in [-0.2, -0.15) is 0 Å². The van der Waals surface area contributed by atoms with Crippen molar-refractivity contribution in [2.75, 3.05) is 5.73 Å². The van der Waals surface area contributed by atoms with Gasteiger partial charge in [0.1, 0.15) is 5.69 Å². The van der Waals surface area contributed by atoms with Gasteiger partial charge in [0.15, 0.2) is 0 Å². The predicted octanol–water partition coefficient (Wildman–Crippen LogP) is 5.66. The van der Waals surface area contributed by atoms with Gasteiger partial charge in [0, 0.05) is 20.6 Å². The molecule has 0 aliphatic heterocycles. The number of halogens is 3. The lowest BCUT2D eigenvalue weighted by atomic mass is 10.0. The number of aromatic nitrogens is 1. The number of hydrogen-bond acceptors (Lipinski definition) is 3. The first kappa shape index (κ1) is 14.4. The molecule has 3 aromatic rings. The summed E-state index contributed by atoms with van der Waals surface area (Å²) in [4.78, 5) is 0. The molecular weight excluding hydrogens is 375 g/mol. The highest BCUT2D eigenvalue weighted by atomic mass is 79.9. The number of rotatable bonds is 2. The fourth-order valence-corrected chi connectivity index (χ4v) is 2.72. The minimum Gasteiger partial charge on any atom is -0.367 e. The van der Waals surface area contributed by atoms with Crippen LogP contribution in [0.25, 0.3) is 22.4 Å². The third-order valence-corrected chi connectivity index (χ3v) is 4.62. The van der Waals surface area contributed by atoms with Crippen LogP contribution in [0.4, 0.5) is 5.88 Å². The molecule has 0 atom stereocenters. The quantitative estimate of drug-likeness (QED) is 0.621. The van der Waals surface area contributed by atoms with Crippen molar-refractivity contribution in [3.8, 4) is 22.4 Å². The molecule has 0 saturated carbocycles. The van der Waals surface area contributed by atoms with Crippen LogP contribution in [0.5, 0.6) is 0 Å². The molecule has 0 spiro atoms. The van der Waals surface area contributed by atoms with Gasteiger partial charge in [-0.1, -0.05) is 52.6 Å². The van der Waals surface area contributed by atoms with Crippen LogP contribution in [-0.4, -0.2) is 5.16 Å². The summed E-state index contributed by atoms with van der Waals surface area (Å²) in [6.07, 6.45) is 0. The Hall–Kier alpha value is -1.49. The van der Waals surface area contributed by atoms with E-state index >= 15 is 0 Å². The first-order valence-electron chi connectivity index (χ1n) is 6.03. The predicted molar refractivity (Wildman–Crippen MR) is 89.5 cm³/mol. The maximum Gasteiger partial charge on any atom is 0.230 e. The zero-order valence-electron chi connectivity index (χ0n) is 10.6. The lowest BCUT2D eigenvalue weighted by Crippen LogP contribution is -1.88. The molecule has 0 saturated heterocycles. The van der Waals surface area contributed by atoms with Gasteiger partial charge in [-0.25, -0.2) is 0 Å². The molecular formula is C15H9BrCl2N2O. The number of nitrogens with two attached hydrogens (primary N) is 1. The number of hydrogen-bond donors (Lipinski definition) is 1. The highest BCUT2D eigenvalue weighted by Gasteiger charge is 2.19. The normalized spacial score (nSPS) is 10.8. The van der Waals surface area contributed by atoms with Crippen molar-refractivity contribution < 1.29 is 4.52 Å². The maximum absolute atomic E-state index is 6.25. The Morgan fingerprint density at radius 1 is 1.05 bits per heavy atom. The van der Waals surface area contributed by atoms with Gasteiger partial charge < -0.3 is 10.3 Å². The topological polar surface area (TPSA) is 52.0 Å². The highest BCUT2D eigenvalue weighted by molar-refractivity contribution is 9.10. The van der Waals surface area contributed by atoms with Gasteiger partial charge >= 0.3 is 0 Å². The minimum absolute atomic E-state index is 0.220. The van der Waals surface area contributed by atoms with Crippen molar-refractivity contribution >= 4 is 45.0 Å². The SMILES string of the molecule is Nc1onc(-c2ccc(Br)c(Cl)c2)c1-c1ccccc1Cl. The van der Waals surface area contributed by atoms with E-state index in [9.17, 15) is 0 Å². The molecule has 1 aromatic heterocycles. The summed E-state index contributed by atoms with van der Waals surface area (Å²) in [6, 6.07) is 12.9. The largest absolute Gasteiger partial charge is 0.367 e. The van der Waals surface area contributed by atoms with Gasteiger partial charge in [0.2, 0.25) is 5.88 Å². The van der Waals surface area contributed by atoms with Crippen molar-refractivity contribution in [2.24, 2.45) is 0 Å². The van der Waals surface area contributed by atoms with Crippen molar-refractivity contribution in [1.29, 1.82) is 0 Å². The van der Waals surface area contributed by atoms with Crippen molar-refractivity contribution in [3.05, 3.63) is 57.0 Å². The van der Waals surface area contributed by atoms with E-state index in [2.05, 4.69) is 21.1 Å². The van der Waals surface area contributed by atoms with Crippen LogP contribution in [0.15, 0.2) is 51.5 Å². The molecule has 21 heavy (non-hydrogen) atoms. The van der Waals surface area contributed by atoms with Crippen molar-refractivity contribution in [3.63, 3.8) is 0 Å². The second-order valence-electron chi connectivity index (χ2n) is 4.38. The highest BCUT2D eigenvalue weighted by Crippen LogP contribution is 2.40. The Morgan fingerprint density at radius 2 is 1.81 bits per heavy atom. The minimum atomic E-state index is 0.220. The number of nitrogen functional groups attached to an aromatic ring is 1. The summed E-state index contributed by atoms with van der Waals surface area (Å²) in [5.41, 5.74) is 8.76. The fourth-order valence-electron chi connectivity index (χ4n) is 2.07. The summed E-state index contributed by atoms with van der Waals surface area (Å²) < 4.78 is 5.95. The summed E-state index contributed by atoms with van der Waals surface area (Å²) in [5.74, 6) is 0.220. The van der Waals surface area contributed by atoms with E-state index in [1.54, 1.807) is 12.1 Å². The first-order chi connectivity index (χ1) is 10.1. The molecule has 2 aromatic carbocycles. The maximum atomic E-state index is 6.25. The summed E-state index contributed by atoms with van der Waals surface area (Å²) in [6.45, 7) is 0. The fraction of sp³-hybridized carbons (Fsp3) is 0. The van der Waals surface area contributed by atoms with E-state index < -0.39 is 0 Å². The van der Waals surface area contributed by atoms with Gasteiger partial charge in [-0.05, 0) is 34.1 Å². The van der Waals surface area contributed by atoms with Gasteiger partial charge in [0.05, 0.1) is 10.6 Å². The first-order valence-corrected chi connectivity index (χ1v) is 7.58. The molecule has 0 fully saturated rings. The summed E-state index contributed by atoms with van der Waals surface area (Å²) >= 11 is 15.7. The third kappa shape index (κ3) is 2.67. The smallest absolute Gasteiger partial charge is 0.230 e. The summed E-state index contributed by atoms with van der Waals surface area (Å²) in [7, 11) is 0. The van der Waals surface area contributed by atoms with Gasteiger partial charge in [0.25, 0.3) is 0 Å². The second-order valence-corrected chi connectivity index (χ2v) is 6.05. The Balaban J connectivity index is 2.22. The Bertz CT molecular complexity index is 817. The molecule has 2 N–H and O–H groups in total. The zero-order chi connectivity index (χ0) is 15.0. The summed E-state index contributed by atoms with van der Waals surface area (Å²) in [5, 5.41) is 5.20. The van der Waals surface area contributed by atoms with E-state index in [-0.39, 0.29) is 5.88 Å². The Kier molecular flexibility index (Phi) is 3.93. The van der Waals surface area contributed by atoms with E-state index in [1.807, 2.05) is 30.3 Å². The molecule has 1 heterocycles. The third-order valence-electron chi connectivity index (χ3n) is 3.05.